The third-order valence-electron chi connectivity index (χ3n) is 3.16. The molecule has 0 fully saturated rings. The van der Waals surface area contributed by atoms with E-state index in [0.717, 1.165) is 12.8 Å². The molecule has 0 bridgehead atoms. The largest absolute Gasteiger partial charge is 0.299 e. The molecule has 0 atom stereocenters. The monoisotopic (exact) mass is 258 g/mol. The highest BCUT2D eigenvalue weighted by molar-refractivity contribution is 7.91. The SMILES string of the molecule is CCS(=O)(=O)CCCC(=O)CC1=CCCCC1. The molecule has 0 heterocycles. The molecule has 0 N–H and O–H groups in total. The summed E-state index contributed by atoms with van der Waals surface area (Å²) in [6, 6.07) is 0. The highest BCUT2D eigenvalue weighted by Crippen LogP contribution is 2.20. The summed E-state index contributed by atoms with van der Waals surface area (Å²) in [6.07, 6.45) is 8.12. The summed E-state index contributed by atoms with van der Waals surface area (Å²) in [6.45, 7) is 1.64. The Balaban J connectivity index is 2.24. The predicted octanol–water partition coefficient (Wildman–Crippen LogP) is 2.66. The minimum atomic E-state index is -2.92. The Labute approximate surface area is 104 Å². The van der Waals surface area contributed by atoms with E-state index in [1.165, 1.54) is 18.4 Å². The lowest BCUT2D eigenvalue weighted by Gasteiger charge is -2.11. The summed E-state index contributed by atoms with van der Waals surface area (Å²) >= 11 is 0. The van der Waals surface area contributed by atoms with Crippen LogP contribution in [0.15, 0.2) is 11.6 Å². The second-order valence-corrected chi connectivity index (χ2v) is 7.14. The van der Waals surface area contributed by atoms with Crippen LogP contribution in [-0.2, 0) is 14.6 Å². The first-order valence-corrected chi connectivity index (χ1v) is 8.25. The van der Waals surface area contributed by atoms with Gasteiger partial charge in [-0.05, 0) is 32.1 Å². The minimum absolute atomic E-state index is 0.147. The number of ketones is 1. The van der Waals surface area contributed by atoms with Crippen LogP contribution in [0.1, 0.15) is 51.9 Å². The van der Waals surface area contributed by atoms with Crippen LogP contribution in [0, 0.1) is 0 Å². The van der Waals surface area contributed by atoms with Gasteiger partial charge in [-0.3, -0.25) is 4.79 Å². The molecule has 0 radical (unpaired) electrons. The molecule has 3 nitrogen and oxygen atoms in total. The normalized spacial score (nSPS) is 16.6. The van der Waals surface area contributed by atoms with Crippen LogP contribution in [0.2, 0.25) is 0 Å². The summed E-state index contributed by atoms with van der Waals surface area (Å²) in [5.74, 6) is 0.505. The van der Waals surface area contributed by atoms with E-state index >= 15 is 0 Å². The van der Waals surface area contributed by atoms with Gasteiger partial charge in [-0.15, -0.1) is 0 Å². The first kappa shape index (κ1) is 14.4. The van der Waals surface area contributed by atoms with E-state index in [-0.39, 0.29) is 17.3 Å². The summed E-state index contributed by atoms with van der Waals surface area (Å²) in [4.78, 5) is 11.6. The van der Waals surface area contributed by atoms with Crippen LogP contribution in [0.25, 0.3) is 0 Å². The van der Waals surface area contributed by atoms with Gasteiger partial charge in [0.2, 0.25) is 0 Å². The van der Waals surface area contributed by atoms with Crippen molar-refractivity contribution in [3.8, 4) is 0 Å². The van der Waals surface area contributed by atoms with Crippen LogP contribution in [0.5, 0.6) is 0 Å². The minimum Gasteiger partial charge on any atom is -0.299 e. The first-order chi connectivity index (χ1) is 8.03. The summed E-state index contributed by atoms with van der Waals surface area (Å²) in [7, 11) is -2.92. The molecule has 98 valence electrons. The highest BCUT2D eigenvalue weighted by Gasteiger charge is 2.11. The van der Waals surface area contributed by atoms with Crippen molar-refractivity contribution in [1.29, 1.82) is 0 Å². The summed E-state index contributed by atoms with van der Waals surface area (Å²) < 4.78 is 22.5. The van der Waals surface area contributed by atoms with E-state index in [0.29, 0.717) is 19.3 Å². The summed E-state index contributed by atoms with van der Waals surface area (Å²) in [5, 5.41) is 0. The van der Waals surface area contributed by atoms with Crippen LogP contribution in [0.3, 0.4) is 0 Å². The quantitative estimate of drug-likeness (QED) is 0.660. The second kappa shape index (κ2) is 6.94. The molecule has 0 aromatic rings. The van der Waals surface area contributed by atoms with Crippen LogP contribution in [-0.4, -0.2) is 25.7 Å². The smallest absolute Gasteiger partial charge is 0.150 e. The Hall–Kier alpha value is -0.640. The third-order valence-corrected chi connectivity index (χ3v) is 4.95. The van der Waals surface area contributed by atoms with Crippen molar-refractivity contribution in [1.82, 2.24) is 0 Å². The van der Waals surface area contributed by atoms with E-state index in [2.05, 4.69) is 6.08 Å². The predicted molar refractivity (Wildman–Crippen MR) is 69.7 cm³/mol. The number of carbonyl (C=O) groups excluding carboxylic acids is 1. The van der Waals surface area contributed by atoms with E-state index < -0.39 is 9.84 Å². The number of hydrogen-bond acceptors (Lipinski definition) is 3. The molecule has 0 saturated heterocycles. The zero-order chi connectivity index (χ0) is 12.7. The van der Waals surface area contributed by atoms with Crippen LogP contribution >= 0.6 is 0 Å². The van der Waals surface area contributed by atoms with Gasteiger partial charge >= 0.3 is 0 Å². The Bertz CT molecular complexity index is 379. The maximum atomic E-state index is 11.6. The van der Waals surface area contributed by atoms with E-state index in [9.17, 15) is 13.2 Å². The van der Waals surface area contributed by atoms with Crippen molar-refractivity contribution in [3.63, 3.8) is 0 Å². The number of rotatable bonds is 7. The molecule has 0 unspecified atom stereocenters. The van der Waals surface area contributed by atoms with Crippen molar-refractivity contribution in [2.24, 2.45) is 0 Å². The van der Waals surface area contributed by atoms with Crippen molar-refractivity contribution < 1.29 is 13.2 Å². The number of hydrogen-bond donors (Lipinski definition) is 0. The lowest BCUT2D eigenvalue weighted by molar-refractivity contribution is -0.118. The molecule has 0 amide bonds. The van der Waals surface area contributed by atoms with Gasteiger partial charge < -0.3 is 0 Å². The van der Waals surface area contributed by atoms with Crippen molar-refractivity contribution in [3.05, 3.63) is 11.6 Å². The Morgan fingerprint density at radius 1 is 1.35 bits per heavy atom. The van der Waals surface area contributed by atoms with Gasteiger partial charge in [0.15, 0.2) is 0 Å². The Kier molecular flexibility index (Phi) is 5.89. The topological polar surface area (TPSA) is 51.2 Å². The molecule has 1 aliphatic rings. The van der Waals surface area contributed by atoms with Gasteiger partial charge in [-0.1, -0.05) is 18.6 Å². The molecule has 0 spiro atoms. The summed E-state index contributed by atoms with van der Waals surface area (Å²) in [5.41, 5.74) is 1.25. The van der Waals surface area contributed by atoms with E-state index in [1.54, 1.807) is 6.92 Å². The lowest BCUT2D eigenvalue weighted by atomic mass is 9.95. The van der Waals surface area contributed by atoms with Crippen molar-refractivity contribution >= 4 is 15.6 Å². The second-order valence-electron chi connectivity index (χ2n) is 4.66. The standard InChI is InChI=1S/C13H22O3S/c1-2-17(15,16)10-6-9-13(14)11-12-7-4-3-5-8-12/h7H,2-6,8-11H2,1H3. The van der Waals surface area contributed by atoms with Crippen molar-refractivity contribution in [2.45, 2.75) is 51.9 Å². The van der Waals surface area contributed by atoms with Crippen LogP contribution in [0.4, 0.5) is 0 Å². The zero-order valence-corrected chi connectivity index (χ0v) is 11.4. The van der Waals surface area contributed by atoms with Gasteiger partial charge in [-0.2, -0.15) is 0 Å². The van der Waals surface area contributed by atoms with Gasteiger partial charge in [-0.25, -0.2) is 8.42 Å². The van der Waals surface area contributed by atoms with E-state index in [1.807, 2.05) is 0 Å². The molecular formula is C13H22O3S. The highest BCUT2D eigenvalue weighted by atomic mass is 32.2. The number of carbonyl (C=O) groups is 1. The molecule has 0 aromatic carbocycles. The van der Waals surface area contributed by atoms with Crippen molar-refractivity contribution in [2.75, 3.05) is 11.5 Å². The molecule has 17 heavy (non-hydrogen) atoms. The molecular weight excluding hydrogens is 236 g/mol. The molecule has 1 rings (SSSR count). The molecule has 0 aromatic heterocycles. The average molecular weight is 258 g/mol. The fourth-order valence-electron chi connectivity index (χ4n) is 2.04. The number of Topliss-reactive ketones (excluding diaryl/α,β-unsaturated/α-hetero) is 1. The Morgan fingerprint density at radius 3 is 2.71 bits per heavy atom. The number of sulfone groups is 1. The van der Waals surface area contributed by atoms with Gasteiger partial charge in [0.25, 0.3) is 0 Å². The Morgan fingerprint density at radius 2 is 2.12 bits per heavy atom. The molecule has 1 aliphatic carbocycles. The molecule has 4 heteroatoms. The van der Waals surface area contributed by atoms with Crippen LogP contribution < -0.4 is 0 Å². The maximum Gasteiger partial charge on any atom is 0.150 e. The third kappa shape index (κ3) is 6.01. The maximum absolute atomic E-state index is 11.6. The zero-order valence-electron chi connectivity index (χ0n) is 10.6. The van der Waals surface area contributed by atoms with Gasteiger partial charge in [0, 0.05) is 18.6 Å². The van der Waals surface area contributed by atoms with Gasteiger partial charge in [0.1, 0.15) is 15.6 Å². The molecule has 0 saturated carbocycles. The van der Waals surface area contributed by atoms with E-state index in [4.69, 9.17) is 0 Å². The fraction of sp³-hybridized carbons (Fsp3) is 0.769. The lowest BCUT2D eigenvalue weighted by Crippen LogP contribution is -2.11. The molecule has 0 aliphatic heterocycles. The fourth-order valence-corrected chi connectivity index (χ4v) is 2.91. The van der Waals surface area contributed by atoms with Gasteiger partial charge in [0.05, 0.1) is 5.75 Å². The average Bonchev–Trinajstić information content (AvgIpc) is 2.30. The first-order valence-electron chi connectivity index (χ1n) is 6.43. The number of allylic oxidation sites excluding steroid dienone is 2.